The zero-order valence-corrected chi connectivity index (χ0v) is 10.7. The number of terminal acetylenes is 1. The summed E-state index contributed by atoms with van der Waals surface area (Å²) in [5.41, 5.74) is 1.07. The van der Waals surface area contributed by atoms with E-state index in [0.717, 1.165) is 0 Å². The second-order valence-corrected chi connectivity index (χ2v) is 4.05. The van der Waals surface area contributed by atoms with Crippen LogP contribution in [0.2, 0.25) is 0 Å². The van der Waals surface area contributed by atoms with Gasteiger partial charge in [-0.15, -0.1) is 11.5 Å². The van der Waals surface area contributed by atoms with Crippen molar-refractivity contribution in [1.29, 1.82) is 0 Å². The van der Waals surface area contributed by atoms with Crippen LogP contribution in [0.3, 0.4) is 0 Å². The molecule has 96 valence electrons. The van der Waals surface area contributed by atoms with Gasteiger partial charge in [0, 0.05) is 23.4 Å². The van der Waals surface area contributed by atoms with Crippen LogP contribution in [0.5, 0.6) is 5.88 Å². The minimum absolute atomic E-state index is 0.0345. The predicted molar refractivity (Wildman–Crippen MR) is 72.3 cm³/mol. The van der Waals surface area contributed by atoms with Gasteiger partial charge in [-0.25, -0.2) is 8.88 Å². The molecule has 0 spiro atoms. The first-order valence-electron chi connectivity index (χ1n) is 5.31. The highest BCUT2D eigenvalue weighted by atomic mass is 32.1. The van der Waals surface area contributed by atoms with Crippen molar-refractivity contribution in [1.82, 2.24) is 9.19 Å². The highest BCUT2D eigenvalue weighted by molar-refractivity contribution is 7.78. The van der Waals surface area contributed by atoms with Gasteiger partial charge < -0.3 is 9.84 Å². The van der Waals surface area contributed by atoms with Gasteiger partial charge in [0.05, 0.1) is 5.56 Å². The van der Waals surface area contributed by atoms with Gasteiger partial charge in [-0.05, 0) is 24.9 Å². The minimum atomic E-state index is -1.05. The number of carboxylic acids is 1. The van der Waals surface area contributed by atoms with Crippen LogP contribution in [0, 0.1) is 12.3 Å². The van der Waals surface area contributed by atoms with Gasteiger partial charge in [0.15, 0.2) is 0 Å². The molecule has 0 aliphatic heterocycles. The number of hydrogen-bond donors (Lipinski definition) is 2. The fourth-order valence-corrected chi connectivity index (χ4v) is 1.75. The van der Waals surface area contributed by atoms with Gasteiger partial charge in [-0.1, -0.05) is 12.0 Å². The highest BCUT2D eigenvalue weighted by Crippen LogP contribution is 2.17. The van der Waals surface area contributed by atoms with E-state index in [1.54, 1.807) is 24.4 Å². The van der Waals surface area contributed by atoms with Gasteiger partial charge in [0.2, 0.25) is 5.88 Å². The maximum absolute atomic E-state index is 11.1. The van der Waals surface area contributed by atoms with E-state index in [4.69, 9.17) is 16.3 Å². The lowest BCUT2D eigenvalue weighted by Gasteiger charge is -2.09. The predicted octanol–water partition coefficient (Wildman–Crippen LogP) is 1.83. The zero-order valence-electron chi connectivity index (χ0n) is 9.78. The third-order valence-electron chi connectivity index (χ3n) is 2.48. The maximum Gasteiger partial charge on any atom is 0.336 e. The molecule has 6 heteroatoms. The Hall–Kier alpha value is -2.39. The minimum Gasteiger partial charge on any atom is -0.478 e. The molecule has 0 aliphatic carbocycles. The molecule has 0 fully saturated rings. The fourth-order valence-electron chi connectivity index (χ4n) is 1.60. The van der Waals surface area contributed by atoms with Crippen molar-refractivity contribution in [2.24, 2.45) is 0 Å². The van der Waals surface area contributed by atoms with Gasteiger partial charge in [-0.3, -0.25) is 0 Å². The van der Waals surface area contributed by atoms with E-state index in [1.165, 1.54) is 10.2 Å². The normalized spacial score (nSPS) is 9.89. The number of aromatic nitrogens is 2. The lowest BCUT2D eigenvalue weighted by Crippen LogP contribution is -2.08. The Morgan fingerprint density at radius 3 is 2.89 bits per heavy atom. The third kappa shape index (κ3) is 2.89. The molecule has 0 saturated heterocycles. The van der Waals surface area contributed by atoms with Crippen molar-refractivity contribution in [3.05, 3.63) is 47.2 Å². The van der Waals surface area contributed by atoms with Crippen molar-refractivity contribution in [3.8, 4) is 18.2 Å². The summed E-state index contributed by atoms with van der Waals surface area (Å²) < 4.78 is 6.70. The SMILES string of the molecule is C#Cc1cccc(C(=O)O)c1COc1ccn(S)n1. The van der Waals surface area contributed by atoms with Gasteiger partial charge >= 0.3 is 5.97 Å². The van der Waals surface area contributed by atoms with Crippen LogP contribution in [-0.4, -0.2) is 20.3 Å². The second kappa shape index (κ2) is 5.50. The van der Waals surface area contributed by atoms with Crippen molar-refractivity contribution in [2.45, 2.75) is 6.61 Å². The molecule has 5 nitrogen and oxygen atoms in total. The molecule has 1 N–H and O–H groups in total. The van der Waals surface area contributed by atoms with Crippen molar-refractivity contribution >= 4 is 18.8 Å². The van der Waals surface area contributed by atoms with E-state index in [-0.39, 0.29) is 12.2 Å². The number of ether oxygens (including phenoxy) is 1. The zero-order chi connectivity index (χ0) is 13.8. The smallest absolute Gasteiger partial charge is 0.336 e. The molecule has 0 saturated carbocycles. The average Bonchev–Trinajstić information content (AvgIpc) is 2.81. The van der Waals surface area contributed by atoms with E-state index in [1.807, 2.05) is 0 Å². The number of rotatable bonds is 4. The Labute approximate surface area is 115 Å². The molecule has 2 aromatic rings. The molecular weight excluding hydrogens is 264 g/mol. The number of hydrogen-bond acceptors (Lipinski definition) is 4. The molecule has 2 rings (SSSR count). The molecule has 1 aromatic carbocycles. The number of carbonyl (C=O) groups is 1. The molecule has 0 radical (unpaired) electrons. The molecule has 1 aromatic heterocycles. The number of aromatic carboxylic acids is 1. The summed E-state index contributed by atoms with van der Waals surface area (Å²) in [5, 5.41) is 13.0. The quantitative estimate of drug-likeness (QED) is 0.659. The van der Waals surface area contributed by atoms with Gasteiger partial charge in [0.1, 0.15) is 6.61 Å². The lowest BCUT2D eigenvalue weighted by atomic mass is 10.0. The molecule has 19 heavy (non-hydrogen) atoms. The summed E-state index contributed by atoms with van der Waals surface area (Å²) in [5.74, 6) is 1.75. The molecule has 0 unspecified atom stereocenters. The van der Waals surface area contributed by atoms with Crippen LogP contribution in [0.15, 0.2) is 30.5 Å². The van der Waals surface area contributed by atoms with Crippen molar-refractivity contribution in [3.63, 3.8) is 0 Å². The van der Waals surface area contributed by atoms with Gasteiger partial charge in [0.25, 0.3) is 0 Å². The van der Waals surface area contributed by atoms with E-state index < -0.39 is 5.97 Å². The first kappa shape index (κ1) is 13.1. The fraction of sp³-hybridized carbons (Fsp3) is 0.0769. The summed E-state index contributed by atoms with van der Waals surface area (Å²) in [7, 11) is 0. The summed E-state index contributed by atoms with van der Waals surface area (Å²) in [6.07, 6.45) is 6.96. The highest BCUT2D eigenvalue weighted by Gasteiger charge is 2.14. The maximum atomic E-state index is 11.1. The number of thiol groups is 1. The number of carboxylic acid groups (broad SMARTS) is 1. The molecule has 0 aliphatic rings. The average molecular weight is 274 g/mol. The molecular formula is C13H10N2O3S. The summed E-state index contributed by atoms with van der Waals surface area (Å²) >= 11 is 3.98. The van der Waals surface area contributed by atoms with Crippen LogP contribution in [0.4, 0.5) is 0 Å². The Morgan fingerprint density at radius 2 is 2.32 bits per heavy atom. The lowest BCUT2D eigenvalue weighted by molar-refractivity contribution is 0.0693. The van der Waals surface area contributed by atoms with E-state index >= 15 is 0 Å². The van der Waals surface area contributed by atoms with Crippen LogP contribution in [0.25, 0.3) is 0 Å². The Balaban J connectivity index is 2.28. The first-order valence-corrected chi connectivity index (χ1v) is 5.71. The van der Waals surface area contributed by atoms with Crippen molar-refractivity contribution in [2.75, 3.05) is 0 Å². The summed E-state index contributed by atoms with van der Waals surface area (Å²) in [6.45, 7) is 0.0345. The van der Waals surface area contributed by atoms with Crippen LogP contribution < -0.4 is 4.74 Å². The number of benzene rings is 1. The van der Waals surface area contributed by atoms with Crippen molar-refractivity contribution < 1.29 is 14.6 Å². The molecule has 1 heterocycles. The van der Waals surface area contributed by atoms with E-state index in [0.29, 0.717) is 17.0 Å². The topological polar surface area (TPSA) is 64.3 Å². The Morgan fingerprint density at radius 1 is 1.53 bits per heavy atom. The number of nitrogens with zero attached hydrogens (tertiary/aromatic N) is 2. The second-order valence-electron chi connectivity index (χ2n) is 3.64. The summed E-state index contributed by atoms with van der Waals surface area (Å²) in [4.78, 5) is 11.1. The third-order valence-corrected chi connectivity index (χ3v) is 2.70. The van der Waals surface area contributed by atoms with E-state index in [9.17, 15) is 4.79 Å². The van der Waals surface area contributed by atoms with Crippen LogP contribution in [-0.2, 0) is 6.61 Å². The molecule has 0 atom stereocenters. The largest absolute Gasteiger partial charge is 0.478 e. The summed E-state index contributed by atoms with van der Waals surface area (Å²) in [6, 6.07) is 6.37. The standard InChI is InChI=1S/C13H10N2O3S/c1-2-9-4-3-5-10(13(16)17)11(9)8-18-12-6-7-15(19)14-12/h1,3-7,19H,8H2,(H,16,17). The molecule has 0 bridgehead atoms. The van der Waals surface area contributed by atoms with Crippen LogP contribution >= 0.6 is 12.8 Å². The molecule has 0 amide bonds. The van der Waals surface area contributed by atoms with E-state index in [2.05, 4.69) is 23.8 Å². The Kier molecular flexibility index (Phi) is 3.78. The monoisotopic (exact) mass is 274 g/mol. The van der Waals surface area contributed by atoms with Crippen LogP contribution in [0.1, 0.15) is 21.5 Å². The Bertz CT molecular complexity index is 658. The first-order chi connectivity index (χ1) is 9.11. The van der Waals surface area contributed by atoms with Gasteiger partial charge in [-0.2, -0.15) is 0 Å².